The van der Waals surface area contributed by atoms with Crippen molar-refractivity contribution in [2.24, 2.45) is 0 Å². The van der Waals surface area contributed by atoms with Gasteiger partial charge in [0.2, 0.25) is 0 Å². The number of hydrogen-bond acceptors (Lipinski definition) is 6. The fourth-order valence-electron chi connectivity index (χ4n) is 7.39. The molecule has 51 heavy (non-hydrogen) atoms. The quantitative estimate of drug-likeness (QED) is 0.183. The Kier molecular flexibility index (Phi) is 6.46. The number of aromatic nitrogens is 3. The Hall–Kier alpha value is -5.79. The van der Waals surface area contributed by atoms with E-state index < -0.39 is 0 Å². The van der Waals surface area contributed by atoms with Crippen LogP contribution in [0.2, 0.25) is 0 Å². The highest BCUT2D eigenvalue weighted by Gasteiger charge is 2.18. The fourth-order valence-corrected chi connectivity index (χ4v) is 10.7. The molecule has 7 aromatic carbocycles. The molecular formula is C45H25N3S3. The molecule has 0 saturated heterocycles. The Balaban J connectivity index is 1.10. The van der Waals surface area contributed by atoms with Crippen molar-refractivity contribution in [3.63, 3.8) is 0 Å². The second-order valence-electron chi connectivity index (χ2n) is 12.7. The third-order valence-electron chi connectivity index (χ3n) is 9.77. The first-order valence-corrected chi connectivity index (χ1v) is 19.3. The zero-order valence-electron chi connectivity index (χ0n) is 27.0. The predicted octanol–water partition coefficient (Wildman–Crippen LogP) is 13.6. The molecule has 3 nitrogen and oxygen atoms in total. The van der Waals surface area contributed by atoms with Crippen LogP contribution in [0.15, 0.2) is 152 Å². The monoisotopic (exact) mass is 703 g/mol. The first-order valence-electron chi connectivity index (χ1n) is 16.8. The van der Waals surface area contributed by atoms with Gasteiger partial charge in [0, 0.05) is 77.2 Å². The summed E-state index contributed by atoms with van der Waals surface area (Å²) in [6.07, 6.45) is 0. The summed E-state index contributed by atoms with van der Waals surface area (Å²) in [7, 11) is 0. The van der Waals surface area contributed by atoms with Gasteiger partial charge in [-0.3, -0.25) is 0 Å². The van der Waals surface area contributed by atoms with Gasteiger partial charge in [-0.2, -0.15) is 0 Å². The van der Waals surface area contributed by atoms with Crippen LogP contribution in [-0.4, -0.2) is 15.0 Å². The van der Waals surface area contributed by atoms with E-state index in [0.717, 1.165) is 16.7 Å². The van der Waals surface area contributed by atoms with Crippen molar-refractivity contribution in [3.8, 4) is 45.3 Å². The lowest BCUT2D eigenvalue weighted by Crippen LogP contribution is -2.00. The van der Waals surface area contributed by atoms with E-state index in [2.05, 4.69) is 152 Å². The lowest BCUT2D eigenvalue weighted by Gasteiger charge is -2.11. The molecule has 0 aliphatic carbocycles. The first-order chi connectivity index (χ1) is 25.2. The molecule has 0 saturated carbocycles. The Labute approximate surface area is 304 Å². The molecule has 0 aliphatic heterocycles. The van der Waals surface area contributed by atoms with Gasteiger partial charge in [-0.1, -0.05) is 103 Å². The normalized spacial score (nSPS) is 11.9. The van der Waals surface area contributed by atoms with Crippen LogP contribution in [0.1, 0.15) is 0 Å². The molecule has 11 aromatic rings. The maximum Gasteiger partial charge on any atom is 0.164 e. The molecule has 0 spiro atoms. The topological polar surface area (TPSA) is 38.7 Å². The van der Waals surface area contributed by atoms with Gasteiger partial charge in [-0.05, 0) is 59.7 Å². The smallest absolute Gasteiger partial charge is 0.164 e. The molecule has 0 amide bonds. The van der Waals surface area contributed by atoms with Crippen LogP contribution in [0.25, 0.3) is 106 Å². The van der Waals surface area contributed by atoms with E-state index in [4.69, 9.17) is 15.0 Å². The van der Waals surface area contributed by atoms with Crippen molar-refractivity contribution in [2.45, 2.75) is 0 Å². The second-order valence-corrected chi connectivity index (χ2v) is 16.0. The first kappa shape index (κ1) is 29.0. The largest absolute Gasteiger partial charge is 0.208 e. The summed E-state index contributed by atoms with van der Waals surface area (Å²) in [4.78, 5) is 15.6. The number of nitrogens with zero attached hydrogens (tertiary/aromatic N) is 3. The minimum atomic E-state index is 0.660. The molecule has 0 bridgehead atoms. The molecule has 4 aromatic heterocycles. The summed E-state index contributed by atoms with van der Waals surface area (Å²) in [5.41, 5.74) is 5.36. The lowest BCUT2D eigenvalue weighted by atomic mass is 9.98. The minimum absolute atomic E-state index is 0.660. The van der Waals surface area contributed by atoms with Crippen LogP contribution in [0, 0.1) is 0 Å². The molecule has 11 rings (SSSR count). The molecule has 238 valence electrons. The van der Waals surface area contributed by atoms with Crippen molar-refractivity contribution < 1.29 is 0 Å². The molecule has 6 heteroatoms. The third kappa shape index (κ3) is 4.65. The molecular weight excluding hydrogens is 679 g/mol. The SMILES string of the molecule is c1ccc2c(c1)sc1ccc(-c3nc(-c4ccc(-c5cccc6sc7ccccc7c56)cc4)nc(-c4cccc5sc6ccccc6c45)n3)cc12. The Morgan fingerprint density at radius 2 is 0.745 bits per heavy atom. The van der Waals surface area contributed by atoms with Crippen LogP contribution in [-0.2, 0) is 0 Å². The summed E-state index contributed by atoms with van der Waals surface area (Å²) in [5.74, 6) is 2.01. The highest BCUT2D eigenvalue weighted by atomic mass is 32.1. The van der Waals surface area contributed by atoms with Crippen molar-refractivity contribution in [3.05, 3.63) is 152 Å². The summed E-state index contributed by atoms with van der Waals surface area (Å²) in [6, 6.07) is 54.3. The van der Waals surface area contributed by atoms with Gasteiger partial charge >= 0.3 is 0 Å². The van der Waals surface area contributed by atoms with Gasteiger partial charge in [-0.25, -0.2) is 15.0 Å². The standard InChI is InChI=1S/C45H25N3S3/c1-4-14-35-30(9-1)34-25-28(23-24-38(34)49-35)44-46-43(47-45(48-44)33-13-8-18-40-42(33)32-11-3-6-16-37(32)51-40)27-21-19-26(20-22-27)29-12-7-17-39-41(29)31-10-2-5-15-36(31)50-39/h1-25H. The van der Waals surface area contributed by atoms with Crippen LogP contribution >= 0.6 is 34.0 Å². The van der Waals surface area contributed by atoms with E-state index >= 15 is 0 Å². The average Bonchev–Trinajstić information content (AvgIpc) is 3.89. The fraction of sp³-hybridized carbons (Fsp3) is 0. The molecule has 0 aliphatic rings. The molecule has 0 fully saturated rings. The second kappa shape index (κ2) is 11.4. The van der Waals surface area contributed by atoms with Gasteiger partial charge < -0.3 is 0 Å². The Morgan fingerprint density at radius 1 is 0.294 bits per heavy atom. The molecule has 0 N–H and O–H groups in total. The molecule has 4 heterocycles. The van der Waals surface area contributed by atoms with E-state index in [1.54, 1.807) is 0 Å². The Morgan fingerprint density at radius 3 is 1.43 bits per heavy atom. The van der Waals surface area contributed by atoms with E-state index in [1.807, 2.05) is 34.0 Å². The van der Waals surface area contributed by atoms with Crippen molar-refractivity contribution in [1.29, 1.82) is 0 Å². The van der Waals surface area contributed by atoms with Gasteiger partial charge in [-0.15, -0.1) is 34.0 Å². The maximum atomic E-state index is 5.22. The number of hydrogen-bond donors (Lipinski definition) is 0. The van der Waals surface area contributed by atoms with Gasteiger partial charge in [0.1, 0.15) is 0 Å². The zero-order chi connectivity index (χ0) is 33.5. The number of thiophene rings is 3. The summed E-state index contributed by atoms with van der Waals surface area (Å²) in [5, 5.41) is 7.50. The zero-order valence-corrected chi connectivity index (χ0v) is 29.4. The Bertz CT molecular complexity index is 3150. The van der Waals surface area contributed by atoms with Crippen molar-refractivity contribution in [1.82, 2.24) is 15.0 Å². The van der Waals surface area contributed by atoms with Crippen molar-refractivity contribution >= 4 is 94.5 Å². The van der Waals surface area contributed by atoms with E-state index in [0.29, 0.717) is 17.5 Å². The van der Waals surface area contributed by atoms with Gasteiger partial charge in [0.05, 0.1) is 0 Å². The number of rotatable bonds is 4. The van der Waals surface area contributed by atoms with Gasteiger partial charge in [0.15, 0.2) is 17.5 Å². The van der Waals surface area contributed by atoms with E-state index in [-0.39, 0.29) is 0 Å². The van der Waals surface area contributed by atoms with Gasteiger partial charge in [0.25, 0.3) is 0 Å². The van der Waals surface area contributed by atoms with Crippen LogP contribution < -0.4 is 0 Å². The summed E-state index contributed by atoms with van der Waals surface area (Å²) < 4.78 is 7.63. The van der Waals surface area contributed by atoms with Crippen LogP contribution in [0.4, 0.5) is 0 Å². The molecule has 0 unspecified atom stereocenters. The van der Waals surface area contributed by atoms with Crippen molar-refractivity contribution in [2.75, 3.05) is 0 Å². The number of benzene rings is 7. The highest BCUT2D eigenvalue weighted by Crippen LogP contribution is 2.42. The minimum Gasteiger partial charge on any atom is -0.208 e. The van der Waals surface area contributed by atoms with E-state index in [9.17, 15) is 0 Å². The maximum absolute atomic E-state index is 5.22. The average molecular weight is 704 g/mol. The summed E-state index contributed by atoms with van der Waals surface area (Å²) >= 11 is 5.47. The van der Waals surface area contributed by atoms with Crippen LogP contribution in [0.3, 0.4) is 0 Å². The summed E-state index contributed by atoms with van der Waals surface area (Å²) in [6.45, 7) is 0. The lowest BCUT2D eigenvalue weighted by molar-refractivity contribution is 1.08. The highest BCUT2D eigenvalue weighted by molar-refractivity contribution is 7.26. The van der Waals surface area contributed by atoms with Crippen LogP contribution in [0.5, 0.6) is 0 Å². The number of fused-ring (bicyclic) bond motifs is 9. The predicted molar refractivity (Wildman–Crippen MR) is 220 cm³/mol. The van der Waals surface area contributed by atoms with E-state index in [1.165, 1.54) is 71.6 Å². The third-order valence-corrected chi connectivity index (χ3v) is 13.2. The molecule has 0 atom stereocenters. The molecule has 0 radical (unpaired) electrons.